The Kier molecular flexibility index (Phi) is 6.06. The molecule has 0 saturated heterocycles. The van der Waals surface area contributed by atoms with Gasteiger partial charge in [-0.2, -0.15) is 14.7 Å². The largest absolute Gasteiger partial charge is 0.450 e. The molecule has 0 saturated carbocycles. The van der Waals surface area contributed by atoms with Gasteiger partial charge in [-0.1, -0.05) is 39.0 Å². The molecule has 0 unspecified atom stereocenters. The lowest BCUT2D eigenvalue weighted by Crippen LogP contribution is -2.34. The topological polar surface area (TPSA) is 81.4 Å². The van der Waals surface area contributed by atoms with Crippen molar-refractivity contribution in [1.82, 2.24) is 20.1 Å². The molecular formula is C17H23N5O2. The van der Waals surface area contributed by atoms with Crippen LogP contribution in [0.25, 0.3) is 5.69 Å². The third-order valence-electron chi connectivity index (χ3n) is 3.22. The summed E-state index contributed by atoms with van der Waals surface area (Å²) in [5.41, 5.74) is 0.864. The van der Waals surface area contributed by atoms with Crippen LogP contribution in [0.2, 0.25) is 0 Å². The molecule has 1 amide bonds. The van der Waals surface area contributed by atoms with Gasteiger partial charge in [-0.15, -0.1) is 5.10 Å². The normalized spacial score (nSPS) is 11.6. The first-order valence-electron chi connectivity index (χ1n) is 8.08. The van der Waals surface area contributed by atoms with Gasteiger partial charge in [-0.25, -0.2) is 4.79 Å². The summed E-state index contributed by atoms with van der Waals surface area (Å²) in [5, 5.41) is 7.16. The van der Waals surface area contributed by atoms with E-state index in [4.69, 9.17) is 4.74 Å². The van der Waals surface area contributed by atoms with Gasteiger partial charge in [-0.05, 0) is 19.1 Å². The van der Waals surface area contributed by atoms with E-state index in [2.05, 4.69) is 20.4 Å². The molecular weight excluding hydrogens is 306 g/mol. The minimum atomic E-state index is -0.522. The van der Waals surface area contributed by atoms with Gasteiger partial charge >= 0.3 is 6.09 Å². The minimum absolute atomic E-state index is 0.000376. The maximum absolute atomic E-state index is 11.7. The average molecular weight is 329 g/mol. The predicted molar refractivity (Wildman–Crippen MR) is 92.8 cm³/mol. The van der Waals surface area contributed by atoms with Gasteiger partial charge in [0.05, 0.1) is 12.3 Å². The fourth-order valence-corrected chi connectivity index (χ4v) is 1.99. The molecule has 2 rings (SSSR count). The molecule has 7 heteroatoms. The Hall–Kier alpha value is -2.70. The Bertz CT molecular complexity index is 707. The lowest BCUT2D eigenvalue weighted by atomic mass is 10.2. The van der Waals surface area contributed by atoms with Gasteiger partial charge < -0.3 is 4.74 Å². The molecule has 24 heavy (non-hydrogen) atoms. The summed E-state index contributed by atoms with van der Waals surface area (Å²) >= 11 is 0. The van der Waals surface area contributed by atoms with Crippen LogP contribution in [0, 0.1) is 5.92 Å². The van der Waals surface area contributed by atoms with Crippen molar-refractivity contribution in [2.75, 3.05) is 6.61 Å². The molecule has 0 bridgehead atoms. The van der Waals surface area contributed by atoms with Crippen molar-refractivity contribution in [3.63, 3.8) is 0 Å². The van der Waals surface area contributed by atoms with E-state index in [1.807, 2.05) is 51.1 Å². The van der Waals surface area contributed by atoms with E-state index in [1.165, 1.54) is 0 Å². The average Bonchev–Trinajstić information content (AvgIpc) is 2.98. The molecule has 0 aliphatic carbocycles. The Morgan fingerprint density at radius 1 is 1.29 bits per heavy atom. The first-order chi connectivity index (χ1) is 11.5. The van der Waals surface area contributed by atoms with Gasteiger partial charge in [-0.3, -0.25) is 5.32 Å². The molecule has 1 aromatic heterocycles. The predicted octanol–water partition coefficient (Wildman–Crippen LogP) is 3.26. The fourth-order valence-electron chi connectivity index (χ4n) is 1.99. The van der Waals surface area contributed by atoms with Crippen molar-refractivity contribution >= 4 is 17.9 Å². The van der Waals surface area contributed by atoms with Crippen LogP contribution >= 0.6 is 0 Å². The van der Waals surface area contributed by atoms with Crippen LogP contribution in [-0.4, -0.2) is 33.3 Å². The van der Waals surface area contributed by atoms with Crippen LogP contribution in [-0.2, 0) is 11.2 Å². The van der Waals surface area contributed by atoms with E-state index < -0.39 is 6.09 Å². The third-order valence-corrected chi connectivity index (χ3v) is 3.22. The van der Waals surface area contributed by atoms with Crippen molar-refractivity contribution < 1.29 is 9.53 Å². The number of hydrogen-bond acceptors (Lipinski definition) is 5. The maximum Gasteiger partial charge on any atom is 0.412 e. The van der Waals surface area contributed by atoms with Gasteiger partial charge in [0.2, 0.25) is 0 Å². The lowest BCUT2D eigenvalue weighted by molar-refractivity contribution is 0.157. The number of rotatable bonds is 5. The van der Waals surface area contributed by atoms with Gasteiger partial charge in [0, 0.05) is 12.3 Å². The number of amides is 1. The SMILES string of the molecule is CCOC(=O)N/C(=N/c1nc(CC)nn1-c1ccccc1)C(C)C. The summed E-state index contributed by atoms with van der Waals surface area (Å²) in [6.45, 7) is 7.92. The molecule has 2 aromatic rings. The van der Waals surface area contributed by atoms with Crippen LogP contribution in [0.3, 0.4) is 0 Å². The molecule has 1 heterocycles. The monoisotopic (exact) mass is 329 g/mol. The Labute approximate surface area is 141 Å². The second-order valence-electron chi connectivity index (χ2n) is 5.43. The number of nitrogens with zero attached hydrogens (tertiary/aromatic N) is 4. The van der Waals surface area contributed by atoms with Crippen molar-refractivity contribution in [2.24, 2.45) is 10.9 Å². The highest BCUT2D eigenvalue weighted by Gasteiger charge is 2.15. The fraction of sp³-hybridized carbons (Fsp3) is 0.412. The number of ether oxygens (including phenoxy) is 1. The Balaban J connectivity index is 2.41. The quantitative estimate of drug-likeness (QED) is 0.674. The second-order valence-corrected chi connectivity index (χ2v) is 5.43. The second kappa shape index (κ2) is 8.24. The van der Waals surface area contributed by atoms with Gasteiger partial charge in [0.15, 0.2) is 5.82 Å². The molecule has 1 aromatic carbocycles. The number of hydrogen-bond donors (Lipinski definition) is 1. The lowest BCUT2D eigenvalue weighted by Gasteiger charge is -2.11. The highest BCUT2D eigenvalue weighted by molar-refractivity contribution is 5.97. The van der Waals surface area contributed by atoms with Crippen LogP contribution < -0.4 is 5.32 Å². The van der Waals surface area contributed by atoms with Crippen molar-refractivity contribution in [1.29, 1.82) is 0 Å². The zero-order valence-electron chi connectivity index (χ0n) is 14.5. The van der Waals surface area contributed by atoms with Crippen LogP contribution in [0.1, 0.15) is 33.5 Å². The third kappa shape index (κ3) is 4.41. The molecule has 0 atom stereocenters. The van der Waals surface area contributed by atoms with Crippen LogP contribution in [0.4, 0.5) is 10.7 Å². The zero-order chi connectivity index (χ0) is 17.5. The first kappa shape index (κ1) is 17.7. The van der Waals surface area contributed by atoms with Crippen molar-refractivity contribution in [3.05, 3.63) is 36.2 Å². The number of aliphatic imine (C=N–C) groups is 1. The Morgan fingerprint density at radius 3 is 2.58 bits per heavy atom. The van der Waals surface area contributed by atoms with E-state index in [9.17, 15) is 4.79 Å². The highest BCUT2D eigenvalue weighted by Crippen LogP contribution is 2.17. The number of aromatic nitrogens is 3. The first-order valence-corrected chi connectivity index (χ1v) is 8.08. The summed E-state index contributed by atoms with van der Waals surface area (Å²) in [4.78, 5) is 20.7. The van der Waals surface area contributed by atoms with Crippen molar-refractivity contribution in [3.8, 4) is 5.69 Å². The molecule has 0 aliphatic heterocycles. The summed E-state index contributed by atoms with van der Waals surface area (Å²) in [6.07, 6.45) is 0.177. The summed E-state index contributed by atoms with van der Waals surface area (Å²) in [5.74, 6) is 1.61. The summed E-state index contributed by atoms with van der Waals surface area (Å²) < 4.78 is 6.60. The van der Waals surface area contributed by atoms with E-state index in [-0.39, 0.29) is 5.92 Å². The number of carbonyl (C=O) groups is 1. The van der Waals surface area contributed by atoms with E-state index in [0.29, 0.717) is 30.6 Å². The number of amidine groups is 1. The number of alkyl carbamates (subject to hydrolysis) is 1. The van der Waals surface area contributed by atoms with Gasteiger partial charge in [0.1, 0.15) is 5.84 Å². The number of benzene rings is 1. The van der Waals surface area contributed by atoms with Gasteiger partial charge in [0.25, 0.3) is 5.95 Å². The molecule has 0 fully saturated rings. The number of aryl methyl sites for hydroxylation is 1. The molecule has 7 nitrogen and oxygen atoms in total. The van der Waals surface area contributed by atoms with E-state index in [1.54, 1.807) is 11.6 Å². The number of para-hydroxylation sites is 1. The number of nitrogens with one attached hydrogen (secondary N) is 1. The Morgan fingerprint density at radius 2 is 2.00 bits per heavy atom. The maximum atomic E-state index is 11.7. The van der Waals surface area contributed by atoms with Crippen LogP contribution in [0.15, 0.2) is 35.3 Å². The number of carbonyl (C=O) groups excluding carboxylic acids is 1. The molecule has 1 N–H and O–H groups in total. The smallest absolute Gasteiger partial charge is 0.412 e. The summed E-state index contributed by atoms with van der Waals surface area (Å²) in [6, 6.07) is 9.65. The molecule has 0 spiro atoms. The van der Waals surface area contributed by atoms with E-state index in [0.717, 1.165) is 5.69 Å². The van der Waals surface area contributed by atoms with Crippen LogP contribution in [0.5, 0.6) is 0 Å². The van der Waals surface area contributed by atoms with Crippen molar-refractivity contribution in [2.45, 2.75) is 34.1 Å². The summed E-state index contributed by atoms with van der Waals surface area (Å²) in [7, 11) is 0. The minimum Gasteiger partial charge on any atom is -0.450 e. The molecule has 128 valence electrons. The highest BCUT2D eigenvalue weighted by atomic mass is 16.5. The van der Waals surface area contributed by atoms with E-state index >= 15 is 0 Å². The molecule has 0 radical (unpaired) electrons. The standard InChI is InChI=1S/C17H23N5O2/c1-5-14-18-16(22(21-14)13-10-8-7-9-11-13)19-15(12(3)4)20-17(23)24-6-2/h7-12H,5-6H2,1-4H3,(H,18,19,20,21,23). The zero-order valence-corrected chi connectivity index (χ0v) is 14.5. The molecule has 0 aliphatic rings.